The largest absolute Gasteiger partial charge is 0.336 e. The maximum absolute atomic E-state index is 11.9. The van der Waals surface area contributed by atoms with Crippen LogP contribution in [-0.4, -0.2) is 16.3 Å². The van der Waals surface area contributed by atoms with Crippen LogP contribution in [0.4, 0.5) is 5.69 Å². The topological polar surface area (TPSA) is 51.1 Å². The Kier molecular flexibility index (Phi) is 4.02. The van der Waals surface area contributed by atoms with E-state index in [0.29, 0.717) is 16.4 Å². The molecule has 1 aromatic carbocycles. The van der Waals surface area contributed by atoms with Crippen LogP contribution in [0.15, 0.2) is 42.6 Å². The smallest absolute Gasteiger partial charge is 0.244 e. The van der Waals surface area contributed by atoms with Gasteiger partial charge < -0.3 is 9.88 Å². The Balaban J connectivity index is 2.03. The molecule has 1 amide bonds. The van der Waals surface area contributed by atoms with Crippen molar-refractivity contribution < 1.29 is 9.59 Å². The van der Waals surface area contributed by atoms with Gasteiger partial charge in [-0.3, -0.25) is 9.59 Å². The van der Waals surface area contributed by atoms with E-state index in [0.717, 1.165) is 0 Å². The number of nitrogens with one attached hydrogen (secondary N) is 1. The van der Waals surface area contributed by atoms with Crippen LogP contribution in [0, 0.1) is 0 Å². The van der Waals surface area contributed by atoms with Gasteiger partial charge in [0.25, 0.3) is 0 Å². The fourth-order valence-electron chi connectivity index (χ4n) is 1.76. The average Bonchev–Trinajstić information content (AvgIpc) is 2.80. The highest BCUT2D eigenvalue weighted by Crippen LogP contribution is 2.13. The number of nitrogens with zero attached hydrogens (tertiary/aromatic N) is 1. The average molecular weight is 277 g/mol. The van der Waals surface area contributed by atoms with Crippen molar-refractivity contribution in [1.82, 2.24) is 4.57 Å². The summed E-state index contributed by atoms with van der Waals surface area (Å²) in [5.41, 5.74) is 1.19. The Hall–Kier alpha value is -2.07. The number of hydrogen-bond acceptors (Lipinski definition) is 2. The Morgan fingerprint density at radius 2 is 1.89 bits per heavy atom. The van der Waals surface area contributed by atoms with Crippen molar-refractivity contribution in [2.45, 2.75) is 13.5 Å². The van der Waals surface area contributed by atoms with E-state index in [-0.39, 0.29) is 18.2 Å². The second kappa shape index (κ2) is 5.71. The van der Waals surface area contributed by atoms with Gasteiger partial charge in [-0.25, -0.2) is 0 Å². The summed E-state index contributed by atoms with van der Waals surface area (Å²) in [5.74, 6) is -0.259. The lowest BCUT2D eigenvalue weighted by Crippen LogP contribution is -2.20. The maximum atomic E-state index is 11.9. The predicted octanol–water partition coefficient (Wildman–Crippen LogP) is 2.98. The molecule has 19 heavy (non-hydrogen) atoms. The van der Waals surface area contributed by atoms with Crippen LogP contribution in [0.25, 0.3) is 0 Å². The molecular formula is C14H13ClN2O2. The van der Waals surface area contributed by atoms with Gasteiger partial charge in [-0.15, -0.1) is 0 Å². The Morgan fingerprint density at radius 3 is 2.53 bits per heavy atom. The first-order valence-corrected chi connectivity index (χ1v) is 6.15. The lowest BCUT2D eigenvalue weighted by Gasteiger charge is -2.08. The fraction of sp³-hybridized carbons (Fsp3) is 0.143. The lowest BCUT2D eigenvalue weighted by atomic mass is 10.3. The van der Waals surface area contributed by atoms with Gasteiger partial charge in [0, 0.05) is 23.8 Å². The number of benzene rings is 1. The van der Waals surface area contributed by atoms with Gasteiger partial charge in [0.15, 0.2) is 5.78 Å². The summed E-state index contributed by atoms with van der Waals surface area (Å²) in [6.07, 6.45) is 1.71. The highest BCUT2D eigenvalue weighted by atomic mass is 35.5. The van der Waals surface area contributed by atoms with E-state index in [9.17, 15) is 9.59 Å². The number of hydrogen-bond donors (Lipinski definition) is 1. The molecule has 4 nitrogen and oxygen atoms in total. The molecule has 0 radical (unpaired) electrons. The second-order valence-corrected chi connectivity index (χ2v) is 4.57. The summed E-state index contributed by atoms with van der Waals surface area (Å²) in [7, 11) is 0. The Morgan fingerprint density at radius 1 is 1.21 bits per heavy atom. The van der Waals surface area contributed by atoms with Crippen molar-refractivity contribution in [2.75, 3.05) is 5.32 Å². The van der Waals surface area contributed by atoms with Crippen molar-refractivity contribution in [3.8, 4) is 0 Å². The van der Waals surface area contributed by atoms with Gasteiger partial charge in [0.2, 0.25) is 5.91 Å². The van der Waals surface area contributed by atoms with Crippen LogP contribution in [-0.2, 0) is 11.3 Å². The molecule has 2 rings (SSSR count). The predicted molar refractivity (Wildman–Crippen MR) is 74.5 cm³/mol. The molecule has 1 heterocycles. The van der Waals surface area contributed by atoms with E-state index >= 15 is 0 Å². The highest BCUT2D eigenvalue weighted by molar-refractivity contribution is 6.30. The molecule has 0 fully saturated rings. The minimum atomic E-state index is -0.193. The van der Waals surface area contributed by atoms with Crippen LogP contribution < -0.4 is 5.32 Å². The zero-order valence-electron chi connectivity index (χ0n) is 10.4. The Bertz CT molecular complexity index is 602. The molecule has 0 saturated heterocycles. The first-order chi connectivity index (χ1) is 9.06. The fourth-order valence-corrected chi connectivity index (χ4v) is 1.89. The minimum Gasteiger partial charge on any atom is -0.336 e. The van der Waals surface area contributed by atoms with Gasteiger partial charge in [-0.2, -0.15) is 0 Å². The number of rotatable bonds is 4. The van der Waals surface area contributed by atoms with E-state index in [1.54, 1.807) is 47.2 Å². The summed E-state index contributed by atoms with van der Waals surface area (Å²) < 4.78 is 1.62. The number of halogens is 1. The van der Waals surface area contributed by atoms with Crippen molar-refractivity contribution in [3.63, 3.8) is 0 Å². The van der Waals surface area contributed by atoms with Gasteiger partial charge in [-0.05, 0) is 36.4 Å². The van der Waals surface area contributed by atoms with Crippen LogP contribution in [0.1, 0.15) is 17.4 Å². The molecule has 0 aliphatic carbocycles. The molecule has 5 heteroatoms. The first-order valence-electron chi connectivity index (χ1n) is 5.78. The van der Waals surface area contributed by atoms with Crippen LogP contribution in [0.2, 0.25) is 5.02 Å². The van der Waals surface area contributed by atoms with Crippen molar-refractivity contribution in [1.29, 1.82) is 0 Å². The molecule has 0 saturated carbocycles. The molecule has 0 spiro atoms. The molecule has 0 aliphatic rings. The zero-order chi connectivity index (χ0) is 13.8. The number of carbonyl (C=O) groups excluding carboxylic acids is 2. The molecule has 98 valence electrons. The van der Waals surface area contributed by atoms with E-state index in [1.807, 2.05) is 0 Å². The zero-order valence-corrected chi connectivity index (χ0v) is 11.1. The SMILES string of the molecule is CC(=O)c1cccn1CC(=O)Nc1ccc(Cl)cc1. The second-order valence-electron chi connectivity index (χ2n) is 4.13. The monoisotopic (exact) mass is 276 g/mol. The summed E-state index contributed by atoms with van der Waals surface area (Å²) in [5, 5.41) is 3.36. The van der Waals surface area contributed by atoms with Crippen LogP contribution in [0.3, 0.4) is 0 Å². The summed E-state index contributed by atoms with van der Waals surface area (Å²) >= 11 is 5.76. The quantitative estimate of drug-likeness (QED) is 0.873. The summed E-state index contributed by atoms with van der Waals surface area (Å²) in [6.45, 7) is 1.58. The third kappa shape index (κ3) is 3.45. The van der Waals surface area contributed by atoms with Gasteiger partial charge >= 0.3 is 0 Å². The van der Waals surface area contributed by atoms with Crippen molar-refractivity contribution in [2.24, 2.45) is 0 Å². The molecule has 2 aromatic rings. The van der Waals surface area contributed by atoms with Crippen molar-refractivity contribution >= 4 is 29.0 Å². The van der Waals surface area contributed by atoms with E-state index in [1.165, 1.54) is 6.92 Å². The Labute approximate surface area is 116 Å². The van der Waals surface area contributed by atoms with Crippen LogP contribution in [0.5, 0.6) is 0 Å². The number of anilines is 1. The standard InChI is InChI=1S/C14H13ClN2O2/c1-10(18)13-3-2-8-17(13)9-14(19)16-12-6-4-11(15)5-7-12/h2-8H,9H2,1H3,(H,16,19). The van der Waals surface area contributed by atoms with Gasteiger partial charge in [0.1, 0.15) is 6.54 Å². The molecule has 0 unspecified atom stereocenters. The molecular weight excluding hydrogens is 264 g/mol. The lowest BCUT2D eigenvalue weighted by molar-refractivity contribution is -0.116. The van der Waals surface area contributed by atoms with E-state index in [4.69, 9.17) is 11.6 Å². The molecule has 1 aromatic heterocycles. The van der Waals surface area contributed by atoms with Crippen molar-refractivity contribution in [3.05, 3.63) is 53.3 Å². The van der Waals surface area contributed by atoms with Crippen LogP contribution >= 0.6 is 11.6 Å². The first kappa shape index (κ1) is 13.4. The summed E-state index contributed by atoms with van der Waals surface area (Å²) in [6, 6.07) is 10.3. The maximum Gasteiger partial charge on any atom is 0.244 e. The molecule has 0 aliphatic heterocycles. The minimum absolute atomic E-state index is 0.0655. The third-order valence-electron chi connectivity index (χ3n) is 2.63. The summed E-state index contributed by atoms with van der Waals surface area (Å²) in [4.78, 5) is 23.2. The molecule has 0 bridgehead atoms. The highest BCUT2D eigenvalue weighted by Gasteiger charge is 2.09. The van der Waals surface area contributed by atoms with E-state index < -0.39 is 0 Å². The van der Waals surface area contributed by atoms with Gasteiger partial charge in [0.05, 0.1) is 5.69 Å². The molecule has 0 atom stereocenters. The number of aromatic nitrogens is 1. The van der Waals surface area contributed by atoms with E-state index in [2.05, 4.69) is 5.32 Å². The number of carbonyl (C=O) groups is 2. The number of Topliss-reactive ketones (excluding diaryl/α,β-unsaturated/α-hetero) is 1. The number of amides is 1. The normalized spacial score (nSPS) is 10.2. The molecule has 1 N–H and O–H groups in total. The van der Waals surface area contributed by atoms with Gasteiger partial charge in [-0.1, -0.05) is 11.6 Å². The number of ketones is 1. The third-order valence-corrected chi connectivity index (χ3v) is 2.88.